The van der Waals surface area contributed by atoms with Crippen molar-refractivity contribution in [3.8, 4) is 0 Å². The fourth-order valence-electron chi connectivity index (χ4n) is 1.94. The van der Waals surface area contributed by atoms with Crippen LogP contribution in [0.15, 0.2) is 47.2 Å². The number of halogens is 1. The highest BCUT2D eigenvalue weighted by atomic mass is 79.9. The molecule has 3 nitrogen and oxygen atoms in total. The highest BCUT2D eigenvalue weighted by Crippen LogP contribution is 2.24. The van der Waals surface area contributed by atoms with E-state index in [1.807, 2.05) is 30.6 Å². The Kier molecular flexibility index (Phi) is 4.33. The van der Waals surface area contributed by atoms with Gasteiger partial charge in [0.25, 0.3) is 0 Å². The topological polar surface area (TPSA) is 42.2 Å². The molecule has 0 aliphatic carbocycles. The predicted molar refractivity (Wildman–Crippen MR) is 78.4 cm³/mol. The van der Waals surface area contributed by atoms with E-state index in [1.54, 1.807) is 0 Å². The monoisotopic (exact) mass is 305 g/mol. The van der Waals surface area contributed by atoms with Crippen LogP contribution in [-0.4, -0.2) is 12.0 Å². The smallest absolute Gasteiger partial charge is 0.0427 e. The first-order valence-electron chi connectivity index (χ1n) is 5.79. The quantitative estimate of drug-likeness (QED) is 0.944. The third-order valence-electron chi connectivity index (χ3n) is 2.84. The summed E-state index contributed by atoms with van der Waals surface area (Å²) in [6.45, 7) is 1.38. The summed E-state index contributed by atoms with van der Waals surface area (Å²) < 4.78 is 1.06. The Balaban J connectivity index is 2.21. The second-order valence-corrected chi connectivity index (χ2v) is 5.10. The fraction of sp³-hybridized carbons (Fsp3) is 0.214. The van der Waals surface area contributed by atoms with Gasteiger partial charge in [-0.3, -0.25) is 4.98 Å². The van der Waals surface area contributed by atoms with E-state index >= 15 is 0 Å². The van der Waals surface area contributed by atoms with Crippen molar-refractivity contribution < 1.29 is 0 Å². The van der Waals surface area contributed by atoms with Gasteiger partial charge in [0.2, 0.25) is 0 Å². The van der Waals surface area contributed by atoms with Gasteiger partial charge in [0, 0.05) is 42.7 Å². The number of anilines is 1. The summed E-state index contributed by atoms with van der Waals surface area (Å²) >= 11 is 3.47. The molecule has 1 heterocycles. The molecule has 2 rings (SSSR count). The molecule has 0 spiro atoms. The molecule has 2 N–H and O–H groups in total. The lowest BCUT2D eigenvalue weighted by Gasteiger charge is -2.22. The second kappa shape index (κ2) is 5.98. The lowest BCUT2D eigenvalue weighted by atomic mass is 10.1. The molecule has 0 bridgehead atoms. The lowest BCUT2D eigenvalue weighted by Crippen LogP contribution is -2.18. The third kappa shape index (κ3) is 3.09. The van der Waals surface area contributed by atoms with Gasteiger partial charge in [0.15, 0.2) is 0 Å². The van der Waals surface area contributed by atoms with Crippen molar-refractivity contribution in [2.45, 2.75) is 13.1 Å². The number of pyridine rings is 1. The maximum Gasteiger partial charge on any atom is 0.0427 e. The zero-order valence-corrected chi connectivity index (χ0v) is 11.9. The molecule has 94 valence electrons. The molecule has 0 atom stereocenters. The lowest BCUT2D eigenvalue weighted by molar-refractivity contribution is 0.901. The number of nitrogens with two attached hydrogens (primary N) is 1. The van der Waals surface area contributed by atoms with Crippen LogP contribution < -0.4 is 10.6 Å². The minimum Gasteiger partial charge on any atom is -0.370 e. The first-order chi connectivity index (χ1) is 8.70. The van der Waals surface area contributed by atoms with Crippen molar-refractivity contribution in [2.24, 2.45) is 5.73 Å². The van der Waals surface area contributed by atoms with Gasteiger partial charge in [-0.1, -0.05) is 15.9 Å². The molecule has 2 aromatic rings. The molecule has 0 amide bonds. The zero-order chi connectivity index (χ0) is 13.0. The summed E-state index contributed by atoms with van der Waals surface area (Å²) in [7, 11) is 2.07. The number of nitrogens with zero attached hydrogens (tertiary/aromatic N) is 2. The molecule has 0 radical (unpaired) electrons. The molecule has 0 fully saturated rings. The Morgan fingerprint density at radius 1 is 1.22 bits per heavy atom. The van der Waals surface area contributed by atoms with Gasteiger partial charge in [0.1, 0.15) is 0 Å². The predicted octanol–water partition coefficient (Wildman–Crippen LogP) is 2.94. The summed E-state index contributed by atoms with van der Waals surface area (Å²) in [5.41, 5.74) is 9.33. The summed E-state index contributed by atoms with van der Waals surface area (Å²) in [6, 6.07) is 10.2. The highest BCUT2D eigenvalue weighted by molar-refractivity contribution is 9.10. The molecule has 0 saturated carbocycles. The van der Waals surface area contributed by atoms with Crippen molar-refractivity contribution in [2.75, 3.05) is 11.9 Å². The average Bonchev–Trinajstić information content (AvgIpc) is 2.39. The van der Waals surface area contributed by atoms with Crippen LogP contribution in [0.2, 0.25) is 0 Å². The van der Waals surface area contributed by atoms with Crippen LogP contribution in [0.1, 0.15) is 11.1 Å². The molecule has 1 aromatic heterocycles. The second-order valence-electron chi connectivity index (χ2n) is 4.19. The Hall–Kier alpha value is -1.39. The number of hydrogen-bond acceptors (Lipinski definition) is 3. The Labute approximate surface area is 116 Å². The van der Waals surface area contributed by atoms with Crippen molar-refractivity contribution in [1.82, 2.24) is 4.98 Å². The van der Waals surface area contributed by atoms with Crippen LogP contribution in [0.5, 0.6) is 0 Å². The normalized spacial score (nSPS) is 10.4. The van der Waals surface area contributed by atoms with E-state index in [1.165, 1.54) is 5.56 Å². The molecular weight excluding hydrogens is 290 g/mol. The van der Waals surface area contributed by atoms with Gasteiger partial charge in [-0.25, -0.2) is 0 Å². The Morgan fingerprint density at radius 3 is 2.61 bits per heavy atom. The van der Waals surface area contributed by atoms with E-state index < -0.39 is 0 Å². The standard InChI is InChI=1S/C14H16BrN3/c1-18(10-11-4-6-17-7-5-11)14-3-2-13(15)8-12(14)9-16/h2-8H,9-10,16H2,1H3. The largest absolute Gasteiger partial charge is 0.370 e. The van der Waals surface area contributed by atoms with E-state index in [2.05, 4.69) is 45.0 Å². The van der Waals surface area contributed by atoms with E-state index in [0.29, 0.717) is 6.54 Å². The summed E-state index contributed by atoms with van der Waals surface area (Å²) in [5, 5.41) is 0. The average molecular weight is 306 g/mol. The number of benzene rings is 1. The van der Waals surface area contributed by atoms with Crippen molar-refractivity contribution in [3.05, 3.63) is 58.3 Å². The van der Waals surface area contributed by atoms with Gasteiger partial charge < -0.3 is 10.6 Å². The maximum atomic E-state index is 5.79. The molecule has 18 heavy (non-hydrogen) atoms. The van der Waals surface area contributed by atoms with Crippen LogP contribution in [-0.2, 0) is 13.1 Å². The van der Waals surface area contributed by atoms with Gasteiger partial charge in [-0.05, 0) is 41.5 Å². The van der Waals surface area contributed by atoms with E-state index in [-0.39, 0.29) is 0 Å². The minimum absolute atomic E-state index is 0.537. The van der Waals surface area contributed by atoms with Crippen LogP contribution in [0.4, 0.5) is 5.69 Å². The fourth-order valence-corrected chi connectivity index (χ4v) is 2.35. The Bertz CT molecular complexity index is 514. The van der Waals surface area contributed by atoms with E-state index in [0.717, 1.165) is 22.3 Å². The summed E-state index contributed by atoms with van der Waals surface area (Å²) in [4.78, 5) is 6.22. The van der Waals surface area contributed by atoms with Gasteiger partial charge >= 0.3 is 0 Å². The van der Waals surface area contributed by atoms with Gasteiger partial charge in [-0.2, -0.15) is 0 Å². The van der Waals surface area contributed by atoms with Crippen molar-refractivity contribution in [3.63, 3.8) is 0 Å². The van der Waals surface area contributed by atoms with E-state index in [4.69, 9.17) is 5.73 Å². The summed E-state index contributed by atoms with van der Waals surface area (Å²) in [5.74, 6) is 0. The van der Waals surface area contributed by atoms with Gasteiger partial charge in [-0.15, -0.1) is 0 Å². The first-order valence-corrected chi connectivity index (χ1v) is 6.58. The minimum atomic E-state index is 0.537. The van der Waals surface area contributed by atoms with Crippen LogP contribution in [0.3, 0.4) is 0 Å². The Morgan fingerprint density at radius 2 is 1.94 bits per heavy atom. The zero-order valence-electron chi connectivity index (χ0n) is 10.3. The molecule has 1 aromatic carbocycles. The van der Waals surface area contributed by atoms with Crippen LogP contribution in [0.25, 0.3) is 0 Å². The summed E-state index contributed by atoms with van der Waals surface area (Å²) in [6.07, 6.45) is 3.63. The van der Waals surface area contributed by atoms with Crippen LogP contribution in [0, 0.1) is 0 Å². The molecule has 0 aliphatic heterocycles. The number of hydrogen-bond donors (Lipinski definition) is 1. The third-order valence-corrected chi connectivity index (χ3v) is 3.34. The van der Waals surface area contributed by atoms with Crippen molar-refractivity contribution >= 4 is 21.6 Å². The van der Waals surface area contributed by atoms with Crippen LogP contribution >= 0.6 is 15.9 Å². The maximum absolute atomic E-state index is 5.79. The molecule has 0 aliphatic rings. The van der Waals surface area contributed by atoms with Gasteiger partial charge in [0.05, 0.1) is 0 Å². The number of rotatable bonds is 4. The SMILES string of the molecule is CN(Cc1ccncc1)c1ccc(Br)cc1CN. The molecule has 4 heteroatoms. The van der Waals surface area contributed by atoms with Crippen molar-refractivity contribution in [1.29, 1.82) is 0 Å². The van der Waals surface area contributed by atoms with E-state index in [9.17, 15) is 0 Å². The molecule has 0 saturated heterocycles. The molecule has 0 unspecified atom stereocenters. The highest BCUT2D eigenvalue weighted by Gasteiger charge is 2.07. The number of aromatic nitrogens is 1. The molecular formula is C14H16BrN3. The first kappa shape index (κ1) is 13.1.